The van der Waals surface area contributed by atoms with Gasteiger partial charge in [0.2, 0.25) is 0 Å². The number of aromatic nitrogens is 2. The molecule has 0 atom stereocenters. The third-order valence-corrected chi connectivity index (χ3v) is 2.86. The SMILES string of the molecule is CCOC(=O)CN(Cc1ccccc1)C(=O)c1ccn[nH]1. The summed E-state index contributed by atoms with van der Waals surface area (Å²) in [5.74, 6) is -0.717. The van der Waals surface area contributed by atoms with E-state index in [1.807, 2.05) is 30.3 Å². The summed E-state index contributed by atoms with van der Waals surface area (Å²) in [6, 6.07) is 11.1. The second kappa shape index (κ2) is 7.23. The van der Waals surface area contributed by atoms with Crippen LogP contribution in [-0.4, -0.2) is 40.1 Å². The van der Waals surface area contributed by atoms with E-state index in [-0.39, 0.29) is 19.1 Å². The van der Waals surface area contributed by atoms with Gasteiger partial charge in [0, 0.05) is 12.7 Å². The molecule has 0 radical (unpaired) electrons. The standard InChI is InChI=1S/C15H17N3O3/c1-2-21-14(19)11-18(10-12-6-4-3-5-7-12)15(20)13-8-9-16-17-13/h3-9H,2,10-11H2,1H3,(H,16,17). The molecule has 2 aromatic rings. The Balaban J connectivity index is 2.13. The van der Waals surface area contributed by atoms with E-state index < -0.39 is 5.97 Å². The fourth-order valence-corrected chi connectivity index (χ4v) is 1.91. The number of ether oxygens (including phenoxy) is 1. The molecule has 0 aliphatic carbocycles. The van der Waals surface area contributed by atoms with Crippen LogP contribution in [-0.2, 0) is 16.1 Å². The van der Waals surface area contributed by atoms with Gasteiger partial charge in [-0.25, -0.2) is 0 Å². The van der Waals surface area contributed by atoms with E-state index in [0.29, 0.717) is 12.2 Å². The molecule has 0 saturated carbocycles. The van der Waals surface area contributed by atoms with Crippen LogP contribution < -0.4 is 0 Å². The Morgan fingerprint density at radius 1 is 1.24 bits per heavy atom. The number of benzene rings is 1. The third-order valence-electron chi connectivity index (χ3n) is 2.86. The molecule has 0 saturated heterocycles. The first-order valence-corrected chi connectivity index (χ1v) is 6.69. The average molecular weight is 287 g/mol. The molecule has 0 unspecified atom stereocenters. The van der Waals surface area contributed by atoms with Gasteiger partial charge in [-0.1, -0.05) is 30.3 Å². The van der Waals surface area contributed by atoms with Crippen molar-refractivity contribution in [3.05, 3.63) is 53.9 Å². The van der Waals surface area contributed by atoms with Crippen molar-refractivity contribution in [2.45, 2.75) is 13.5 Å². The zero-order valence-corrected chi connectivity index (χ0v) is 11.8. The van der Waals surface area contributed by atoms with E-state index in [4.69, 9.17) is 4.74 Å². The highest BCUT2D eigenvalue weighted by Gasteiger charge is 2.20. The number of carbonyl (C=O) groups excluding carboxylic acids is 2. The van der Waals surface area contributed by atoms with Crippen LogP contribution in [0.3, 0.4) is 0 Å². The van der Waals surface area contributed by atoms with Crippen LogP contribution in [0.2, 0.25) is 0 Å². The van der Waals surface area contributed by atoms with E-state index in [9.17, 15) is 9.59 Å². The van der Waals surface area contributed by atoms with Crippen molar-refractivity contribution >= 4 is 11.9 Å². The molecule has 1 N–H and O–H groups in total. The maximum Gasteiger partial charge on any atom is 0.325 e. The van der Waals surface area contributed by atoms with Crippen molar-refractivity contribution in [3.63, 3.8) is 0 Å². The minimum atomic E-state index is -0.429. The lowest BCUT2D eigenvalue weighted by atomic mass is 10.2. The van der Waals surface area contributed by atoms with E-state index in [0.717, 1.165) is 5.56 Å². The van der Waals surface area contributed by atoms with Crippen molar-refractivity contribution in [3.8, 4) is 0 Å². The van der Waals surface area contributed by atoms with Gasteiger partial charge in [-0.3, -0.25) is 14.7 Å². The summed E-state index contributed by atoms with van der Waals surface area (Å²) in [5.41, 5.74) is 1.28. The Labute approximate surface area is 122 Å². The van der Waals surface area contributed by atoms with Crippen LogP contribution in [0.1, 0.15) is 23.0 Å². The minimum Gasteiger partial charge on any atom is -0.465 e. The average Bonchev–Trinajstić information content (AvgIpc) is 3.01. The predicted molar refractivity (Wildman–Crippen MR) is 76.4 cm³/mol. The number of hydrogen-bond donors (Lipinski definition) is 1. The second-order valence-electron chi connectivity index (χ2n) is 4.42. The molecule has 1 heterocycles. The fourth-order valence-electron chi connectivity index (χ4n) is 1.91. The molecule has 2 rings (SSSR count). The van der Waals surface area contributed by atoms with Gasteiger partial charge in [0.1, 0.15) is 12.2 Å². The summed E-state index contributed by atoms with van der Waals surface area (Å²) in [6.45, 7) is 2.25. The summed E-state index contributed by atoms with van der Waals surface area (Å²) in [6.07, 6.45) is 1.50. The number of aromatic amines is 1. The minimum absolute atomic E-state index is 0.0966. The highest BCUT2D eigenvalue weighted by Crippen LogP contribution is 2.08. The Hall–Kier alpha value is -2.63. The summed E-state index contributed by atoms with van der Waals surface area (Å²) < 4.78 is 4.92. The van der Waals surface area contributed by atoms with Gasteiger partial charge in [-0.05, 0) is 18.6 Å². The van der Waals surface area contributed by atoms with Crippen LogP contribution in [0.25, 0.3) is 0 Å². The Bertz CT molecular complexity index is 581. The third kappa shape index (κ3) is 4.17. The first-order chi connectivity index (χ1) is 10.2. The zero-order valence-electron chi connectivity index (χ0n) is 11.8. The molecular formula is C15H17N3O3. The molecule has 0 bridgehead atoms. The number of hydrogen-bond acceptors (Lipinski definition) is 4. The Morgan fingerprint density at radius 3 is 2.62 bits per heavy atom. The Kier molecular flexibility index (Phi) is 5.09. The molecule has 0 fully saturated rings. The lowest BCUT2D eigenvalue weighted by Gasteiger charge is -2.21. The van der Waals surface area contributed by atoms with Gasteiger partial charge >= 0.3 is 5.97 Å². The fraction of sp³-hybridized carbons (Fsp3) is 0.267. The molecule has 21 heavy (non-hydrogen) atoms. The normalized spacial score (nSPS) is 10.1. The summed E-state index contributed by atoms with van der Waals surface area (Å²) in [4.78, 5) is 25.5. The van der Waals surface area contributed by atoms with E-state index in [2.05, 4.69) is 10.2 Å². The van der Waals surface area contributed by atoms with Crippen LogP contribution in [0.5, 0.6) is 0 Å². The molecule has 0 aliphatic rings. The quantitative estimate of drug-likeness (QED) is 0.819. The van der Waals surface area contributed by atoms with Crippen LogP contribution in [0.4, 0.5) is 0 Å². The van der Waals surface area contributed by atoms with E-state index in [1.165, 1.54) is 11.1 Å². The smallest absolute Gasteiger partial charge is 0.325 e. The van der Waals surface area contributed by atoms with Gasteiger partial charge in [0.05, 0.1) is 6.61 Å². The maximum absolute atomic E-state index is 12.4. The van der Waals surface area contributed by atoms with Crippen molar-refractivity contribution < 1.29 is 14.3 Å². The zero-order chi connectivity index (χ0) is 15.1. The number of esters is 1. The molecular weight excluding hydrogens is 270 g/mol. The number of nitrogens with zero attached hydrogens (tertiary/aromatic N) is 2. The van der Waals surface area contributed by atoms with Crippen molar-refractivity contribution in [1.82, 2.24) is 15.1 Å². The number of rotatable bonds is 6. The summed E-state index contributed by atoms with van der Waals surface area (Å²) in [5, 5.41) is 6.37. The maximum atomic E-state index is 12.4. The molecule has 1 amide bonds. The first kappa shape index (κ1) is 14.8. The number of carbonyl (C=O) groups is 2. The van der Waals surface area contributed by atoms with Gasteiger partial charge in [0.25, 0.3) is 5.91 Å². The van der Waals surface area contributed by atoms with Gasteiger partial charge < -0.3 is 9.64 Å². The lowest BCUT2D eigenvalue weighted by molar-refractivity contribution is -0.143. The highest BCUT2D eigenvalue weighted by atomic mass is 16.5. The van der Waals surface area contributed by atoms with Crippen molar-refractivity contribution in [1.29, 1.82) is 0 Å². The first-order valence-electron chi connectivity index (χ1n) is 6.69. The van der Waals surface area contributed by atoms with E-state index >= 15 is 0 Å². The molecule has 0 spiro atoms. The molecule has 1 aromatic heterocycles. The lowest BCUT2D eigenvalue weighted by Crippen LogP contribution is -2.36. The molecule has 1 aromatic carbocycles. The van der Waals surface area contributed by atoms with Gasteiger partial charge in [-0.15, -0.1) is 0 Å². The molecule has 0 aliphatic heterocycles. The summed E-state index contributed by atoms with van der Waals surface area (Å²) >= 11 is 0. The predicted octanol–water partition coefficient (Wildman–Crippen LogP) is 1.62. The number of H-pyrrole nitrogens is 1. The van der Waals surface area contributed by atoms with Crippen LogP contribution in [0, 0.1) is 0 Å². The molecule has 6 nitrogen and oxygen atoms in total. The molecule has 6 heteroatoms. The summed E-state index contributed by atoms with van der Waals surface area (Å²) in [7, 11) is 0. The van der Waals surface area contributed by atoms with E-state index in [1.54, 1.807) is 13.0 Å². The Morgan fingerprint density at radius 2 is 2.00 bits per heavy atom. The van der Waals surface area contributed by atoms with Crippen molar-refractivity contribution in [2.24, 2.45) is 0 Å². The molecule has 110 valence electrons. The largest absolute Gasteiger partial charge is 0.465 e. The topological polar surface area (TPSA) is 75.3 Å². The number of amides is 1. The van der Waals surface area contributed by atoms with Gasteiger partial charge in [-0.2, -0.15) is 5.10 Å². The van der Waals surface area contributed by atoms with Crippen molar-refractivity contribution in [2.75, 3.05) is 13.2 Å². The number of nitrogens with one attached hydrogen (secondary N) is 1. The highest BCUT2D eigenvalue weighted by molar-refractivity contribution is 5.94. The second-order valence-corrected chi connectivity index (χ2v) is 4.42. The van der Waals surface area contributed by atoms with Crippen LogP contribution in [0.15, 0.2) is 42.6 Å². The van der Waals surface area contributed by atoms with Crippen LogP contribution >= 0.6 is 0 Å². The monoisotopic (exact) mass is 287 g/mol. The van der Waals surface area contributed by atoms with Gasteiger partial charge in [0.15, 0.2) is 0 Å².